The van der Waals surface area contributed by atoms with Crippen molar-refractivity contribution in [3.8, 4) is 5.75 Å². The van der Waals surface area contributed by atoms with E-state index in [0.29, 0.717) is 22.6 Å². The van der Waals surface area contributed by atoms with Crippen molar-refractivity contribution in [2.45, 2.75) is 52.1 Å². The number of hydrogen-bond acceptors (Lipinski definition) is 4. The van der Waals surface area contributed by atoms with E-state index in [1.165, 1.54) is 6.42 Å². The molecule has 0 unspecified atom stereocenters. The van der Waals surface area contributed by atoms with Crippen LogP contribution in [0, 0.1) is 5.92 Å². The van der Waals surface area contributed by atoms with E-state index in [9.17, 15) is 14.4 Å². The van der Waals surface area contributed by atoms with Gasteiger partial charge < -0.3 is 10.1 Å². The summed E-state index contributed by atoms with van der Waals surface area (Å²) in [6, 6.07) is 13.3. The number of benzene rings is 2. The molecule has 0 saturated heterocycles. The van der Waals surface area contributed by atoms with Crippen LogP contribution in [-0.4, -0.2) is 23.8 Å². The van der Waals surface area contributed by atoms with E-state index >= 15 is 0 Å². The Labute approximate surface area is 182 Å². The van der Waals surface area contributed by atoms with Crippen molar-refractivity contribution >= 4 is 23.4 Å². The molecule has 2 aromatic carbocycles. The average Bonchev–Trinajstić information content (AvgIpc) is 2.78. The first-order valence-corrected chi connectivity index (χ1v) is 10.7. The molecule has 0 atom stereocenters. The lowest BCUT2D eigenvalue weighted by Crippen LogP contribution is -2.41. The topological polar surface area (TPSA) is 96.5 Å². The molecule has 0 aromatic heterocycles. The fourth-order valence-corrected chi connectivity index (χ4v) is 3.55. The van der Waals surface area contributed by atoms with E-state index in [1.54, 1.807) is 48.5 Å². The maximum atomic E-state index is 12.3. The molecule has 31 heavy (non-hydrogen) atoms. The van der Waals surface area contributed by atoms with Gasteiger partial charge in [-0.25, -0.2) is 0 Å². The maximum Gasteiger partial charge on any atom is 0.269 e. The van der Waals surface area contributed by atoms with Gasteiger partial charge in [-0.05, 0) is 69.2 Å². The monoisotopic (exact) mass is 423 g/mol. The van der Waals surface area contributed by atoms with E-state index in [0.717, 1.165) is 25.7 Å². The molecule has 0 spiro atoms. The Bertz CT molecular complexity index is 919. The number of hydrazine groups is 1. The summed E-state index contributed by atoms with van der Waals surface area (Å²) < 4.78 is 5.58. The zero-order chi connectivity index (χ0) is 22.2. The first-order valence-electron chi connectivity index (χ1n) is 10.7. The van der Waals surface area contributed by atoms with Crippen molar-refractivity contribution in [1.29, 1.82) is 0 Å². The average molecular weight is 424 g/mol. The second-order valence-corrected chi connectivity index (χ2v) is 8.00. The number of rotatable bonds is 6. The van der Waals surface area contributed by atoms with Gasteiger partial charge in [-0.2, -0.15) is 0 Å². The third kappa shape index (κ3) is 6.57. The van der Waals surface area contributed by atoms with Crippen molar-refractivity contribution in [1.82, 2.24) is 10.9 Å². The lowest BCUT2D eigenvalue weighted by atomic mass is 9.88. The molecule has 7 nitrogen and oxygen atoms in total. The summed E-state index contributed by atoms with van der Waals surface area (Å²) in [4.78, 5) is 37.0. The van der Waals surface area contributed by atoms with Gasteiger partial charge in [-0.15, -0.1) is 0 Å². The van der Waals surface area contributed by atoms with E-state index in [1.807, 2.05) is 13.8 Å². The molecule has 0 aliphatic heterocycles. The number of hydrogen-bond donors (Lipinski definition) is 3. The van der Waals surface area contributed by atoms with Crippen LogP contribution in [0.5, 0.6) is 5.75 Å². The van der Waals surface area contributed by atoms with Gasteiger partial charge in [0.15, 0.2) is 0 Å². The standard InChI is InChI=1S/C24H29N3O4/c1-16(2)31-21-10-6-9-19(15-21)24(30)27-26-23(29)18-11-13-20(14-12-18)25-22(28)17-7-4-3-5-8-17/h6,9-17H,3-5,7-8H2,1-2H3,(H,25,28)(H,26,29)(H,27,30). The van der Waals surface area contributed by atoms with E-state index < -0.39 is 11.8 Å². The van der Waals surface area contributed by atoms with Crippen molar-refractivity contribution in [3.63, 3.8) is 0 Å². The smallest absolute Gasteiger partial charge is 0.269 e. The molecule has 1 fully saturated rings. The zero-order valence-corrected chi connectivity index (χ0v) is 17.9. The Balaban J connectivity index is 1.51. The van der Waals surface area contributed by atoms with Gasteiger partial charge in [0.1, 0.15) is 5.75 Å². The van der Waals surface area contributed by atoms with Crippen LogP contribution < -0.4 is 20.9 Å². The molecule has 7 heteroatoms. The SMILES string of the molecule is CC(C)Oc1cccc(C(=O)NNC(=O)c2ccc(NC(=O)C3CCCCC3)cc2)c1. The van der Waals surface area contributed by atoms with Crippen LogP contribution in [-0.2, 0) is 4.79 Å². The minimum Gasteiger partial charge on any atom is -0.491 e. The maximum absolute atomic E-state index is 12.3. The quantitative estimate of drug-likeness (QED) is 0.610. The van der Waals surface area contributed by atoms with Crippen LogP contribution in [0.2, 0.25) is 0 Å². The van der Waals surface area contributed by atoms with Crippen molar-refractivity contribution in [2.75, 3.05) is 5.32 Å². The third-order valence-electron chi connectivity index (χ3n) is 5.15. The molecule has 164 valence electrons. The summed E-state index contributed by atoms with van der Waals surface area (Å²) >= 11 is 0. The molecule has 1 aliphatic rings. The number of carbonyl (C=O) groups is 3. The van der Waals surface area contributed by atoms with Crippen LogP contribution in [0.4, 0.5) is 5.69 Å². The number of carbonyl (C=O) groups excluding carboxylic acids is 3. The summed E-state index contributed by atoms with van der Waals surface area (Å²) in [5.41, 5.74) is 6.20. The van der Waals surface area contributed by atoms with Gasteiger partial charge in [-0.1, -0.05) is 25.3 Å². The van der Waals surface area contributed by atoms with Crippen LogP contribution in [0.15, 0.2) is 48.5 Å². The van der Waals surface area contributed by atoms with Crippen molar-refractivity contribution in [2.24, 2.45) is 5.92 Å². The van der Waals surface area contributed by atoms with Crippen molar-refractivity contribution < 1.29 is 19.1 Å². The molecule has 1 saturated carbocycles. The van der Waals surface area contributed by atoms with Crippen LogP contribution in [0.1, 0.15) is 66.7 Å². The van der Waals surface area contributed by atoms with Gasteiger partial charge >= 0.3 is 0 Å². The zero-order valence-electron chi connectivity index (χ0n) is 17.9. The van der Waals surface area contributed by atoms with Crippen LogP contribution in [0.25, 0.3) is 0 Å². The fourth-order valence-electron chi connectivity index (χ4n) is 3.55. The molecule has 0 heterocycles. The van der Waals surface area contributed by atoms with Gasteiger partial charge in [0.2, 0.25) is 5.91 Å². The molecule has 0 bridgehead atoms. The lowest BCUT2D eigenvalue weighted by molar-refractivity contribution is -0.120. The first-order chi connectivity index (χ1) is 14.9. The molecule has 2 aromatic rings. The van der Waals surface area contributed by atoms with Gasteiger partial charge in [0.05, 0.1) is 6.10 Å². The predicted octanol–water partition coefficient (Wildman–Crippen LogP) is 4.07. The van der Waals surface area contributed by atoms with E-state index in [-0.39, 0.29) is 17.9 Å². The Morgan fingerprint density at radius 2 is 1.52 bits per heavy atom. The van der Waals surface area contributed by atoms with Gasteiger partial charge in [-0.3, -0.25) is 25.2 Å². The highest BCUT2D eigenvalue weighted by atomic mass is 16.5. The lowest BCUT2D eigenvalue weighted by Gasteiger charge is -2.20. The first kappa shape index (κ1) is 22.3. The largest absolute Gasteiger partial charge is 0.491 e. The van der Waals surface area contributed by atoms with Crippen molar-refractivity contribution in [3.05, 3.63) is 59.7 Å². The number of nitrogens with one attached hydrogen (secondary N) is 3. The summed E-state index contributed by atoms with van der Waals surface area (Å²) in [5.74, 6) is -0.212. The minimum atomic E-state index is -0.451. The molecule has 0 radical (unpaired) electrons. The van der Waals surface area contributed by atoms with Crippen LogP contribution >= 0.6 is 0 Å². The fraction of sp³-hybridized carbons (Fsp3) is 0.375. The Hall–Kier alpha value is -3.35. The number of amides is 3. The third-order valence-corrected chi connectivity index (χ3v) is 5.15. The summed E-state index contributed by atoms with van der Waals surface area (Å²) in [6.07, 6.45) is 5.24. The van der Waals surface area contributed by atoms with Crippen LogP contribution in [0.3, 0.4) is 0 Å². The highest BCUT2D eigenvalue weighted by Crippen LogP contribution is 2.25. The van der Waals surface area contributed by atoms with E-state index in [4.69, 9.17) is 4.74 Å². The Morgan fingerprint density at radius 1 is 0.871 bits per heavy atom. The minimum absolute atomic E-state index is 0.00608. The highest BCUT2D eigenvalue weighted by Gasteiger charge is 2.21. The number of ether oxygens (including phenoxy) is 1. The molecule has 1 aliphatic carbocycles. The molecular formula is C24H29N3O4. The molecule has 3 rings (SSSR count). The second-order valence-electron chi connectivity index (χ2n) is 8.00. The van der Waals surface area contributed by atoms with E-state index in [2.05, 4.69) is 16.2 Å². The summed E-state index contributed by atoms with van der Waals surface area (Å²) in [7, 11) is 0. The van der Waals surface area contributed by atoms with Gasteiger partial charge in [0, 0.05) is 22.7 Å². The Morgan fingerprint density at radius 3 is 2.16 bits per heavy atom. The number of anilines is 1. The summed E-state index contributed by atoms with van der Waals surface area (Å²) in [5, 5.41) is 2.92. The van der Waals surface area contributed by atoms with Gasteiger partial charge in [0.25, 0.3) is 11.8 Å². The summed E-state index contributed by atoms with van der Waals surface area (Å²) in [6.45, 7) is 3.80. The predicted molar refractivity (Wildman–Crippen MR) is 119 cm³/mol. The second kappa shape index (κ2) is 10.6. The Kier molecular flexibility index (Phi) is 7.65. The normalized spacial score (nSPS) is 14.0. The molecular weight excluding hydrogens is 394 g/mol. The molecule has 3 N–H and O–H groups in total. The molecule has 3 amide bonds. The highest BCUT2D eigenvalue weighted by molar-refractivity contribution is 5.99.